The topological polar surface area (TPSA) is 39.3 Å². The number of para-hydroxylation sites is 2. The summed E-state index contributed by atoms with van der Waals surface area (Å²) in [7, 11) is 0. The van der Waals surface area contributed by atoms with E-state index in [1.165, 1.54) is 121 Å². The van der Waals surface area contributed by atoms with Crippen LogP contribution in [0.3, 0.4) is 0 Å². The predicted octanol–water partition coefficient (Wildman–Crippen LogP) is 13.7. The van der Waals surface area contributed by atoms with Crippen molar-refractivity contribution < 1.29 is 27.9 Å². The first-order chi connectivity index (χ1) is 34.5. The van der Waals surface area contributed by atoms with E-state index >= 15 is 0 Å². The summed E-state index contributed by atoms with van der Waals surface area (Å²) in [5.74, 6) is 3.08. The first kappa shape index (κ1) is 40.8. The summed E-state index contributed by atoms with van der Waals surface area (Å²) < 4.78 is 25.4. The Morgan fingerprint density at radius 3 is 1.17 bits per heavy atom. The molecule has 11 aromatic rings. The van der Waals surface area contributed by atoms with Crippen molar-refractivity contribution in [2.75, 3.05) is 0 Å². The maximum absolute atomic E-state index is 6.24. The number of ether oxygens (including phenoxy) is 3. The van der Waals surface area contributed by atoms with Crippen LogP contribution in [0.5, 0.6) is 17.2 Å². The third-order valence-corrected chi connectivity index (χ3v) is 16.9. The molecule has 6 heteroatoms. The van der Waals surface area contributed by atoms with Crippen molar-refractivity contribution >= 4 is 54.1 Å². The number of aromatic nitrogens is 3. The second-order valence-electron chi connectivity index (χ2n) is 21.8. The van der Waals surface area contributed by atoms with E-state index in [1.807, 2.05) is 0 Å². The number of benzene rings is 8. The molecule has 342 valence electrons. The van der Waals surface area contributed by atoms with Gasteiger partial charge in [-0.05, 0) is 97.5 Å². The molecule has 6 aliphatic rings. The molecule has 8 aromatic carbocycles. The molecule has 0 radical (unpaired) electrons. The quantitative estimate of drug-likeness (QED) is 0.142. The molecule has 0 saturated heterocycles. The summed E-state index contributed by atoms with van der Waals surface area (Å²) in [6, 6.07) is 59.0. The lowest BCUT2D eigenvalue weighted by atomic mass is 9.80. The fourth-order valence-electron chi connectivity index (χ4n) is 13.7. The molecule has 3 aliphatic heterocycles. The van der Waals surface area contributed by atoms with E-state index in [9.17, 15) is 0 Å². The first-order valence-corrected chi connectivity index (χ1v) is 25.0. The highest BCUT2D eigenvalue weighted by atomic mass is 16.5. The van der Waals surface area contributed by atoms with Gasteiger partial charge in [-0.1, -0.05) is 139 Å². The number of rotatable bonds is 0. The van der Waals surface area contributed by atoms with E-state index < -0.39 is 0 Å². The van der Waals surface area contributed by atoms with E-state index in [-0.39, 0.29) is 16.2 Å². The van der Waals surface area contributed by atoms with Gasteiger partial charge in [-0.25, -0.2) is 0 Å². The van der Waals surface area contributed by atoms with Crippen LogP contribution in [0.25, 0.3) is 87.9 Å². The summed E-state index contributed by atoms with van der Waals surface area (Å²) in [5, 5.41) is 10.4. The zero-order chi connectivity index (χ0) is 47.7. The number of hydrogen-bond acceptors (Lipinski definition) is 3. The van der Waals surface area contributed by atoms with Crippen molar-refractivity contribution in [2.45, 2.75) is 78.0 Å². The number of fused-ring (bicyclic) bond motifs is 10. The van der Waals surface area contributed by atoms with E-state index in [0.29, 0.717) is 20.2 Å². The average molecular weight is 923 g/mol. The maximum Gasteiger partial charge on any atom is 0.293 e. The van der Waals surface area contributed by atoms with Gasteiger partial charge in [0.25, 0.3) is 20.2 Å². The van der Waals surface area contributed by atoms with Gasteiger partial charge in [0, 0.05) is 61.9 Å². The lowest BCUT2D eigenvalue weighted by Gasteiger charge is -2.22. The predicted molar refractivity (Wildman–Crippen MR) is 282 cm³/mol. The van der Waals surface area contributed by atoms with E-state index in [0.717, 1.165) is 17.2 Å². The average Bonchev–Trinajstić information content (AvgIpc) is 3.92. The van der Waals surface area contributed by atoms with Gasteiger partial charge in [-0.15, -0.1) is 0 Å². The Labute approximate surface area is 412 Å². The van der Waals surface area contributed by atoms with Gasteiger partial charge < -0.3 is 14.2 Å². The third-order valence-electron chi connectivity index (χ3n) is 16.9. The second-order valence-corrected chi connectivity index (χ2v) is 21.8. The number of nitrogens with zero attached hydrogens (tertiary/aromatic N) is 3. The van der Waals surface area contributed by atoms with Crippen molar-refractivity contribution in [3.05, 3.63) is 203 Å². The zero-order valence-corrected chi connectivity index (χ0v) is 40.9. The molecule has 6 nitrogen and oxygen atoms in total. The van der Waals surface area contributed by atoms with Crippen molar-refractivity contribution in [3.63, 3.8) is 0 Å². The van der Waals surface area contributed by atoms with Crippen molar-refractivity contribution in [2.24, 2.45) is 0 Å². The molecule has 3 aromatic heterocycles. The molecule has 0 spiro atoms. The summed E-state index contributed by atoms with van der Waals surface area (Å²) in [6.07, 6.45) is 2.11. The molecule has 0 unspecified atom stereocenters. The van der Waals surface area contributed by atoms with E-state index in [1.54, 1.807) is 0 Å². The van der Waals surface area contributed by atoms with Gasteiger partial charge in [0.2, 0.25) is 28.1 Å². The van der Waals surface area contributed by atoms with Crippen LogP contribution in [0.2, 0.25) is 0 Å². The van der Waals surface area contributed by atoms with Crippen molar-refractivity contribution in [1.29, 1.82) is 0 Å². The number of hydrogen-bond donors (Lipinski definition) is 0. The lowest BCUT2D eigenvalue weighted by molar-refractivity contribution is -0.717. The maximum atomic E-state index is 6.24. The van der Waals surface area contributed by atoms with Crippen LogP contribution in [0.4, 0.5) is 0 Å². The Kier molecular flexibility index (Phi) is 8.06. The Hall–Kier alpha value is -8.09. The van der Waals surface area contributed by atoms with Crippen LogP contribution in [0.15, 0.2) is 170 Å². The summed E-state index contributed by atoms with van der Waals surface area (Å²) in [4.78, 5) is 0. The van der Waals surface area contributed by atoms with Gasteiger partial charge in [0.15, 0.2) is 6.20 Å². The van der Waals surface area contributed by atoms with Gasteiger partial charge in [0.05, 0.1) is 16.7 Å². The van der Waals surface area contributed by atoms with E-state index in [4.69, 9.17) is 14.2 Å². The molecule has 71 heavy (non-hydrogen) atoms. The number of pyridine rings is 3. The smallest absolute Gasteiger partial charge is 0.293 e. The normalized spacial score (nSPS) is 16.3. The zero-order valence-electron chi connectivity index (χ0n) is 40.9. The molecule has 0 N–H and O–H groups in total. The van der Waals surface area contributed by atoms with Gasteiger partial charge >= 0.3 is 0 Å². The minimum atomic E-state index is -0.0419. The highest BCUT2D eigenvalue weighted by Gasteiger charge is 2.50. The minimum absolute atomic E-state index is 0.0109. The molecule has 0 amide bonds. The summed E-state index contributed by atoms with van der Waals surface area (Å²) >= 11 is 0. The molecule has 0 fully saturated rings. The molecule has 3 aliphatic carbocycles. The van der Waals surface area contributed by atoms with Gasteiger partial charge in [0.1, 0.15) is 17.2 Å². The summed E-state index contributed by atoms with van der Waals surface area (Å²) in [5.41, 5.74) is 18.7. The van der Waals surface area contributed by atoms with Crippen LogP contribution in [0.1, 0.15) is 74.9 Å². The van der Waals surface area contributed by atoms with Crippen molar-refractivity contribution in [3.8, 4) is 51.0 Å². The molecular weight excluding hydrogens is 871 g/mol. The Bertz CT molecular complexity index is 4030. The molecular formula is C65H52N3O3+3. The second kappa shape index (κ2) is 14.0. The molecule has 0 bridgehead atoms. The van der Waals surface area contributed by atoms with Crippen LogP contribution >= 0.6 is 0 Å². The van der Waals surface area contributed by atoms with Crippen LogP contribution in [0, 0.1) is 0 Å². The van der Waals surface area contributed by atoms with Crippen LogP contribution in [-0.4, -0.2) is 0 Å². The highest BCUT2D eigenvalue weighted by Crippen LogP contribution is 2.58. The highest BCUT2D eigenvalue weighted by molar-refractivity contribution is 6.02. The standard InChI is InChI=1S/2C23H18NO.C19H16NO/c2*1-23(2)17-11-15-8-4-6-10-18(15)24-13-25-19-12-14-7-3-5-9-16(14)21(23)20(19)22(17)24;1-19(2)14-8-5-9-20-11-21-15-10-12-6-3-4-7-13(12)17(19)16(15)18(14)20/h2*3-12H,13H2,1-2H3;3-10H,11H2,1-2H3/q3*+1. The van der Waals surface area contributed by atoms with Crippen LogP contribution < -0.4 is 27.9 Å². The minimum Gasteiger partial charge on any atom is -0.435 e. The molecule has 0 atom stereocenters. The molecule has 17 rings (SSSR count). The van der Waals surface area contributed by atoms with Gasteiger partial charge in [-0.2, -0.15) is 13.7 Å². The lowest BCUT2D eigenvalue weighted by Crippen LogP contribution is -2.42. The van der Waals surface area contributed by atoms with Crippen LogP contribution in [-0.2, 0) is 36.4 Å². The van der Waals surface area contributed by atoms with E-state index in [2.05, 4.69) is 225 Å². The van der Waals surface area contributed by atoms with Crippen molar-refractivity contribution in [1.82, 2.24) is 0 Å². The van der Waals surface area contributed by atoms with Gasteiger partial charge in [-0.3, -0.25) is 0 Å². The SMILES string of the molecule is CC1(C)c2cc3ccccc3[n+]3c2-c2c(cc4ccccc4c21)OC3.CC1(C)c2cc3ccccc3[n+]3c2-c2c(cc4ccccc4c21)OC3.CC1(C)c2ccc[n+]3c2-c2c(cc4ccccc4c21)OC3. The first-order valence-electron chi connectivity index (χ1n) is 25.0. The Morgan fingerprint density at radius 1 is 0.352 bits per heavy atom. The fraction of sp³-hybridized carbons (Fsp3) is 0.185. The summed E-state index contributed by atoms with van der Waals surface area (Å²) in [6.45, 7) is 15.8. The fourth-order valence-corrected chi connectivity index (χ4v) is 13.7. The third kappa shape index (κ3) is 5.34. The molecule has 0 saturated carbocycles. The largest absolute Gasteiger partial charge is 0.435 e. The Balaban J connectivity index is 0.0000000959. The molecule has 6 heterocycles. The monoisotopic (exact) mass is 922 g/mol. The Morgan fingerprint density at radius 2 is 0.718 bits per heavy atom.